The van der Waals surface area contributed by atoms with Gasteiger partial charge in [-0.2, -0.15) is 0 Å². The molecule has 0 radical (unpaired) electrons. The van der Waals surface area contributed by atoms with Gasteiger partial charge in [-0.05, 0) is 45.8 Å². The highest BCUT2D eigenvalue weighted by molar-refractivity contribution is 9.10. The third-order valence-electron chi connectivity index (χ3n) is 2.47. The molecule has 5 heteroatoms. The first-order chi connectivity index (χ1) is 8.70. The second-order valence-corrected chi connectivity index (χ2v) is 6.05. The van der Waals surface area contributed by atoms with Gasteiger partial charge in [0.1, 0.15) is 0 Å². The summed E-state index contributed by atoms with van der Waals surface area (Å²) in [6.07, 6.45) is 1.70. The molecule has 1 heterocycles. The molecule has 1 aromatic heterocycles. The fourth-order valence-corrected chi connectivity index (χ4v) is 3.57. The monoisotopic (exact) mass is 324 g/mol. The van der Waals surface area contributed by atoms with Gasteiger partial charge < -0.3 is 5.73 Å². The van der Waals surface area contributed by atoms with E-state index in [1.807, 2.05) is 36.4 Å². The lowest BCUT2D eigenvalue weighted by Gasteiger charge is -2.05. The fourth-order valence-electron chi connectivity index (χ4n) is 1.59. The predicted molar refractivity (Wildman–Crippen MR) is 76.4 cm³/mol. The van der Waals surface area contributed by atoms with Crippen LogP contribution in [0.15, 0.2) is 52.0 Å². The number of rotatable bonds is 4. The smallest absolute Gasteiger partial charge is 0.0585 e. The Bertz CT molecular complexity index is 574. The van der Waals surface area contributed by atoms with Crippen LogP contribution in [0, 0.1) is 0 Å². The van der Waals surface area contributed by atoms with E-state index in [2.05, 4.69) is 20.9 Å². The lowest BCUT2D eigenvalue weighted by Crippen LogP contribution is -2.02. The average Bonchev–Trinajstić information content (AvgIpc) is 2.39. The molecule has 2 N–H and O–H groups in total. The summed E-state index contributed by atoms with van der Waals surface area (Å²) >= 11 is 3.41. The van der Waals surface area contributed by atoms with Gasteiger partial charge in [-0.25, -0.2) is 0 Å². The zero-order chi connectivity index (χ0) is 13.0. The Hall–Kier alpha value is -1.04. The van der Waals surface area contributed by atoms with Crippen molar-refractivity contribution in [3.63, 3.8) is 0 Å². The summed E-state index contributed by atoms with van der Waals surface area (Å²) < 4.78 is 13.1. The van der Waals surface area contributed by atoms with Crippen molar-refractivity contribution in [1.29, 1.82) is 0 Å². The molecule has 0 aliphatic carbocycles. The molecule has 0 aliphatic heterocycles. The highest BCUT2D eigenvalue weighted by Gasteiger charge is 2.08. The number of nitrogens with zero attached hydrogens (tertiary/aromatic N) is 1. The largest absolute Gasteiger partial charge is 0.325 e. The first-order valence-corrected chi connectivity index (χ1v) is 7.58. The van der Waals surface area contributed by atoms with Gasteiger partial charge in [0.15, 0.2) is 0 Å². The minimum atomic E-state index is -1.07. The van der Waals surface area contributed by atoms with Gasteiger partial charge in [0, 0.05) is 17.2 Å². The maximum atomic E-state index is 12.3. The van der Waals surface area contributed by atoms with Crippen molar-refractivity contribution < 1.29 is 4.21 Å². The van der Waals surface area contributed by atoms with Crippen LogP contribution in [0.4, 0.5) is 0 Å². The number of halogens is 1. The SMILES string of the molecule is NCc1cc(CS(=O)c2ccccc2Br)ccn1. The van der Waals surface area contributed by atoms with Crippen molar-refractivity contribution in [3.05, 3.63) is 58.3 Å². The first kappa shape index (κ1) is 13.4. The van der Waals surface area contributed by atoms with Crippen molar-refractivity contribution in [2.75, 3.05) is 0 Å². The number of pyridine rings is 1. The van der Waals surface area contributed by atoms with E-state index < -0.39 is 10.8 Å². The van der Waals surface area contributed by atoms with Gasteiger partial charge in [-0.3, -0.25) is 9.19 Å². The summed E-state index contributed by atoms with van der Waals surface area (Å²) in [6, 6.07) is 11.3. The van der Waals surface area contributed by atoms with Crippen LogP contribution >= 0.6 is 15.9 Å². The van der Waals surface area contributed by atoms with Crippen LogP contribution in [0.5, 0.6) is 0 Å². The highest BCUT2D eigenvalue weighted by atomic mass is 79.9. The van der Waals surface area contributed by atoms with E-state index >= 15 is 0 Å². The first-order valence-electron chi connectivity index (χ1n) is 5.47. The van der Waals surface area contributed by atoms with Crippen LogP contribution in [0.3, 0.4) is 0 Å². The van der Waals surface area contributed by atoms with Gasteiger partial charge in [0.25, 0.3) is 0 Å². The van der Waals surface area contributed by atoms with Crippen LogP contribution < -0.4 is 5.73 Å². The Labute approximate surface area is 117 Å². The number of nitrogens with two attached hydrogens (primary N) is 1. The van der Waals surface area contributed by atoms with E-state index in [0.717, 1.165) is 20.6 Å². The molecule has 0 saturated carbocycles. The molecule has 0 saturated heterocycles. The second kappa shape index (κ2) is 6.22. The molecule has 0 aliphatic rings. The molecule has 1 unspecified atom stereocenters. The van der Waals surface area contributed by atoms with Crippen molar-refractivity contribution in [3.8, 4) is 0 Å². The zero-order valence-electron chi connectivity index (χ0n) is 9.67. The van der Waals surface area contributed by atoms with Gasteiger partial charge in [0.2, 0.25) is 0 Å². The molecule has 94 valence electrons. The van der Waals surface area contributed by atoms with E-state index in [1.165, 1.54) is 0 Å². The number of aromatic nitrogens is 1. The molecule has 0 bridgehead atoms. The molecule has 18 heavy (non-hydrogen) atoms. The van der Waals surface area contributed by atoms with E-state index in [4.69, 9.17) is 5.73 Å². The zero-order valence-corrected chi connectivity index (χ0v) is 12.1. The molecule has 2 rings (SSSR count). The Morgan fingerprint density at radius 3 is 2.78 bits per heavy atom. The van der Waals surface area contributed by atoms with Crippen LogP contribution in [0.1, 0.15) is 11.3 Å². The maximum absolute atomic E-state index is 12.3. The summed E-state index contributed by atoms with van der Waals surface area (Å²) in [5.41, 5.74) is 7.34. The topological polar surface area (TPSA) is 56.0 Å². The molecule has 1 atom stereocenters. The molecule has 2 aromatic rings. The van der Waals surface area contributed by atoms with Crippen LogP contribution in [0.2, 0.25) is 0 Å². The minimum absolute atomic E-state index is 0.398. The van der Waals surface area contributed by atoms with Gasteiger partial charge >= 0.3 is 0 Å². The molecule has 3 nitrogen and oxygen atoms in total. The van der Waals surface area contributed by atoms with E-state index in [1.54, 1.807) is 6.20 Å². The molecule has 0 fully saturated rings. The summed E-state index contributed by atoms with van der Waals surface area (Å²) in [5, 5.41) is 0. The van der Waals surface area contributed by atoms with Crippen molar-refractivity contribution in [2.24, 2.45) is 5.73 Å². The van der Waals surface area contributed by atoms with Crippen molar-refractivity contribution >= 4 is 26.7 Å². The maximum Gasteiger partial charge on any atom is 0.0585 e. The summed E-state index contributed by atoms with van der Waals surface area (Å²) in [7, 11) is -1.07. The van der Waals surface area contributed by atoms with E-state index in [0.29, 0.717) is 12.3 Å². The lowest BCUT2D eigenvalue weighted by molar-refractivity contribution is 0.682. The Morgan fingerprint density at radius 2 is 2.06 bits per heavy atom. The van der Waals surface area contributed by atoms with E-state index in [-0.39, 0.29) is 0 Å². The fraction of sp³-hybridized carbons (Fsp3) is 0.154. The number of benzene rings is 1. The third-order valence-corrected chi connectivity index (χ3v) is 4.87. The molecule has 0 spiro atoms. The van der Waals surface area contributed by atoms with Gasteiger partial charge in [-0.15, -0.1) is 0 Å². The van der Waals surface area contributed by atoms with Crippen LogP contribution in [-0.2, 0) is 23.1 Å². The van der Waals surface area contributed by atoms with Gasteiger partial charge in [-0.1, -0.05) is 12.1 Å². The summed E-state index contributed by atoms with van der Waals surface area (Å²) in [5.74, 6) is 0.470. The average molecular weight is 325 g/mol. The Balaban J connectivity index is 2.19. The number of hydrogen-bond donors (Lipinski definition) is 1. The quantitative estimate of drug-likeness (QED) is 0.940. The third kappa shape index (κ3) is 3.25. The summed E-state index contributed by atoms with van der Waals surface area (Å²) in [4.78, 5) is 4.93. The standard InChI is InChI=1S/C13H13BrN2OS/c14-12-3-1-2-4-13(12)18(17)9-10-5-6-16-11(7-10)8-15/h1-7H,8-9,15H2. The van der Waals surface area contributed by atoms with Crippen molar-refractivity contribution in [1.82, 2.24) is 4.98 Å². The van der Waals surface area contributed by atoms with Crippen LogP contribution in [-0.4, -0.2) is 9.19 Å². The Morgan fingerprint density at radius 1 is 1.28 bits per heavy atom. The lowest BCUT2D eigenvalue weighted by atomic mass is 10.2. The minimum Gasteiger partial charge on any atom is -0.325 e. The molecular weight excluding hydrogens is 312 g/mol. The number of hydrogen-bond acceptors (Lipinski definition) is 3. The van der Waals surface area contributed by atoms with Crippen molar-refractivity contribution in [2.45, 2.75) is 17.2 Å². The van der Waals surface area contributed by atoms with Gasteiger partial charge in [0.05, 0.1) is 27.1 Å². The Kier molecular flexibility index (Phi) is 4.63. The molecule has 0 amide bonds. The molecule has 1 aromatic carbocycles. The van der Waals surface area contributed by atoms with E-state index in [9.17, 15) is 4.21 Å². The summed E-state index contributed by atoms with van der Waals surface area (Å²) in [6.45, 7) is 0.398. The second-order valence-electron chi connectivity index (χ2n) is 3.78. The molecular formula is C13H13BrN2OS. The van der Waals surface area contributed by atoms with Crippen LogP contribution in [0.25, 0.3) is 0 Å². The highest BCUT2D eigenvalue weighted by Crippen LogP contribution is 2.21. The normalized spacial score (nSPS) is 12.3. The predicted octanol–water partition coefficient (Wildman–Crippen LogP) is 2.61.